The Morgan fingerprint density at radius 3 is 2.75 bits per heavy atom. The van der Waals surface area contributed by atoms with Crippen LogP contribution in [0.5, 0.6) is 11.5 Å². The maximum Gasteiger partial charge on any atom is 0.387 e. The fourth-order valence-corrected chi connectivity index (χ4v) is 3.69. The summed E-state index contributed by atoms with van der Waals surface area (Å²) in [6.45, 7) is -3.05. The van der Waals surface area contributed by atoms with Gasteiger partial charge in [0.15, 0.2) is 11.5 Å². The molecule has 148 valence electrons. The normalized spacial score (nSPS) is 15.6. The Labute approximate surface area is 164 Å². The molecular weight excluding hydrogens is 392 g/mol. The van der Waals surface area contributed by atoms with E-state index in [1.54, 1.807) is 6.07 Å². The maximum absolute atomic E-state index is 12.4. The first-order chi connectivity index (χ1) is 13.5. The molecule has 0 bridgehead atoms. The molecule has 0 fully saturated rings. The number of halogens is 2. The molecule has 28 heavy (non-hydrogen) atoms. The van der Waals surface area contributed by atoms with Crippen molar-refractivity contribution in [2.45, 2.75) is 29.8 Å². The third kappa shape index (κ3) is 4.92. The minimum atomic E-state index is -2.97. The quantitative estimate of drug-likeness (QED) is 0.701. The van der Waals surface area contributed by atoms with Crippen LogP contribution in [0.25, 0.3) is 0 Å². The fraction of sp³-hybridized carbons (Fsp3) is 0.263. The molecule has 0 radical (unpaired) electrons. The van der Waals surface area contributed by atoms with Gasteiger partial charge in [-0.15, -0.1) is 11.8 Å². The Hall–Kier alpha value is -2.81. The monoisotopic (exact) mass is 409 g/mol. The lowest BCUT2D eigenvalue weighted by atomic mass is 10.2. The zero-order valence-corrected chi connectivity index (χ0v) is 15.6. The molecule has 9 heteroatoms. The van der Waals surface area contributed by atoms with Gasteiger partial charge in [-0.3, -0.25) is 9.59 Å². The summed E-state index contributed by atoms with van der Waals surface area (Å²) >= 11 is 1.31. The summed E-state index contributed by atoms with van der Waals surface area (Å²) < 4.78 is 39.3. The number of alkyl halides is 2. The van der Waals surface area contributed by atoms with Gasteiger partial charge in [0.25, 0.3) is 0 Å². The van der Waals surface area contributed by atoms with Gasteiger partial charge in [0.1, 0.15) is 6.61 Å². The molecule has 0 spiro atoms. The van der Waals surface area contributed by atoms with Gasteiger partial charge in [0, 0.05) is 4.90 Å². The summed E-state index contributed by atoms with van der Waals surface area (Å²) in [4.78, 5) is 25.2. The Balaban J connectivity index is 1.56. The Kier molecular flexibility index (Phi) is 6.35. The van der Waals surface area contributed by atoms with Crippen molar-refractivity contribution in [3.05, 3.63) is 48.0 Å². The van der Waals surface area contributed by atoms with E-state index >= 15 is 0 Å². The highest BCUT2D eigenvalue weighted by atomic mass is 32.2. The number of nitrogens with one attached hydrogen (secondary N) is 1. The Morgan fingerprint density at radius 1 is 1.21 bits per heavy atom. The van der Waals surface area contributed by atoms with Crippen molar-refractivity contribution in [3.8, 4) is 11.5 Å². The molecule has 3 rings (SSSR count). The first kappa shape index (κ1) is 19.9. The van der Waals surface area contributed by atoms with E-state index in [0.717, 1.165) is 10.6 Å². The molecule has 0 unspecified atom stereocenters. The van der Waals surface area contributed by atoms with Gasteiger partial charge in [0.05, 0.1) is 24.5 Å². The van der Waals surface area contributed by atoms with E-state index in [0.29, 0.717) is 5.56 Å². The van der Waals surface area contributed by atoms with E-state index < -0.39 is 17.8 Å². The maximum atomic E-state index is 12.4. The Bertz CT molecular complexity index is 877. The number of fused-ring (bicyclic) bond motifs is 1. The summed E-state index contributed by atoms with van der Waals surface area (Å²) in [5.41, 5.74) is 1.26. The number of carbonyl (C=O) groups excluding carboxylic acids is 2. The molecular formula is C19H17F2NO5S. The topological polar surface area (TPSA) is 73.9 Å². The number of esters is 1. The number of methoxy groups -OCH3 is 1. The van der Waals surface area contributed by atoms with Crippen LogP contribution < -0.4 is 14.8 Å². The molecule has 0 saturated heterocycles. The van der Waals surface area contributed by atoms with Gasteiger partial charge in [0.2, 0.25) is 5.91 Å². The van der Waals surface area contributed by atoms with Crippen molar-refractivity contribution < 1.29 is 32.6 Å². The van der Waals surface area contributed by atoms with Crippen LogP contribution in [0.4, 0.5) is 14.5 Å². The average molecular weight is 409 g/mol. The average Bonchev–Trinajstić information content (AvgIpc) is 2.67. The highest BCUT2D eigenvalue weighted by molar-refractivity contribution is 8.01. The number of rotatable bonds is 7. The van der Waals surface area contributed by atoms with Crippen molar-refractivity contribution >= 4 is 29.3 Å². The molecule has 1 aliphatic rings. The van der Waals surface area contributed by atoms with Gasteiger partial charge < -0.3 is 19.5 Å². The molecule has 0 aromatic heterocycles. The molecule has 1 atom stereocenters. The van der Waals surface area contributed by atoms with Gasteiger partial charge in [-0.05, 0) is 29.8 Å². The van der Waals surface area contributed by atoms with Crippen molar-refractivity contribution in [1.29, 1.82) is 0 Å². The smallest absolute Gasteiger partial charge is 0.387 e. The van der Waals surface area contributed by atoms with Crippen molar-refractivity contribution in [2.24, 2.45) is 0 Å². The van der Waals surface area contributed by atoms with E-state index in [9.17, 15) is 18.4 Å². The lowest BCUT2D eigenvalue weighted by molar-refractivity contribution is -0.145. The van der Waals surface area contributed by atoms with E-state index in [1.165, 1.54) is 37.1 Å². The number of hydrogen-bond donors (Lipinski definition) is 1. The molecule has 1 amide bonds. The molecule has 1 heterocycles. The second kappa shape index (κ2) is 8.92. The van der Waals surface area contributed by atoms with Gasteiger partial charge in [-0.2, -0.15) is 8.78 Å². The number of benzene rings is 2. The van der Waals surface area contributed by atoms with Crippen LogP contribution in [0.3, 0.4) is 0 Å². The summed E-state index contributed by atoms with van der Waals surface area (Å²) in [5, 5.41) is 2.18. The van der Waals surface area contributed by atoms with Gasteiger partial charge in [-0.1, -0.05) is 18.2 Å². The van der Waals surface area contributed by atoms with Crippen LogP contribution in [-0.2, 0) is 20.9 Å². The van der Waals surface area contributed by atoms with Crippen LogP contribution in [-0.4, -0.2) is 30.8 Å². The third-order valence-electron chi connectivity index (χ3n) is 3.90. The molecule has 1 N–H and O–H groups in total. The van der Waals surface area contributed by atoms with Crippen LogP contribution in [0, 0.1) is 0 Å². The van der Waals surface area contributed by atoms with Crippen LogP contribution in [0.15, 0.2) is 47.4 Å². The summed E-state index contributed by atoms with van der Waals surface area (Å²) in [5.74, 6) is -0.802. The lowest BCUT2D eigenvalue weighted by Gasteiger charge is -2.23. The van der Waals surface area contributed by atoms with Crippen LogP contribution in [0.2, 0.25) is 0 Å². The second-order valence-corrected chi connectivity index (χ2v) is 7.06. The SMILES string of the molecule is COc1cc(COC(=O)C[C@@H]2Sc3ccccc3NC2=O)ccc1OC(F)F. The number of ether oxygens (including phenoxy) is 3. The minimum absolute atomic E-state index is 0.0836. The summed E-state index contributed by atoms with van der Waals surface area (Å²) in [6, 6.07) is 11.6. The molecule has 1 aliphatic heterocycles. The molecule has 2 aromatic carbocycles. The second-order valence-electron chi connectivity index (χ2n) is 5.82. The van der Waals surface area contributed by atoms with Crippen molar-refractivity contribution in [3.63, 3.8) is 0 Å². The van der Waals surface area contributed by atoms with E-state index in [2.05, 4.69) is 10.1 Å². The molecule has 6 nitrogen and oxygen atoms in total. The predicted molar refractivity (Wildman–Crippen MR) is 98.8 cm³/mol. The molecule has 2 aromatic rings. The number of amides is 1. The first-order valence-corrected chi connectivity index (χ1v) is 9.18. The standard InChI is InChI=1S/C19H17F2NO5S/c1-25-14-8-11(6-7-13(14)27-19(20)21)10-26-17(23)9-16-18(24)22-12-4-2-3-5-15(12)28-16/h2-8,16,19H,9-10H2,1H3,(H,22,24)/t16-/m0/s1. The molecule has 0 aliphatic carbocycles. The van der Waals surface area contributed by atoms with Gasteiger partial charge >= 0.3 is 12.6 Å². The Morgan fingerprint density at radius 2 is 2.00 bits per heavy atom. The predicted octanol–water partition coefficient (Wildman–Crippen LogP) is 3.84. The zero-order valence-electron chi connectivity index (χ0n) is 14.8. The van der Waals surface area contributed by atoms with Gasteiger partial charge in [-0.25, -0.2) is 0 Å². The highest BCUT2D eigenvalue weighted by Gasteiger charge is 2.29. The van der Waals surface area contributed by atoms with E-state index in [1.807, 2.05) is 18.2 Å². The van der Waals surface area contributed by atoms with Crippen molar-refractivity contribution in [1.82, 2.24) is 0 Å². The lowest BCUT2D eigenvalue weighted by Crippen LogP contribution is -2.31. The number of anilines is 1. The van der Waals surface area contributed by atoms with Crippen LogP contribution in [0.1, 0.15) is 12.0 Å². The largest absolute Gasteiger partial charge is 0.493 e. The zero-order chi connectivity index (χ0) is 20.1. The highest BCUT2D eigenvalue weighted by Crippen LogP contribution is 2.36. The van der Waals surface area contributed by atoms with E-state index in [4.69, 9.17) is 9.47 Å². The van der Waals surface area contributed by atoms with Crippen LogP contribution >= 0.6 is 11.8 Å². The number of thioether (sulfide) groups is 1. The summed E-state index contributed by atoms with van der Waals surface area (Å²) in [6.07, 6.45) is -0.0887. The number of para-hydroxylation sites is 1. The van der Waals surface area contributed by atoms with Crippen molar-refractivity contribution in [2.75, 3.05) is 12.4 Å². The number of carbonyl (C=O) groups is 2. The fourth-order valence-electron chi connectivity index (χ4n) is 2.60. The third-order valence-corrected chi connectivity index (χ3v) is 5.18. The first-order valence-electron chi connectivity index (χ1n) is 8.30. The number of hydrogen-bond acceptors (Lipinski definition) is 6. The summed E-state index contributed by atoms with van der Waals surface area (Å²) in [7, 11) is 1.32. The van der Waals surface area contributed by atoms with E-state index in [-0.39, 0.29) is 30.4 Å². The molecule has 0 saturated carbocycles. The minimum Gasteiger partial charge on any atom is -0.493 e.